The molecule has 20 heavy (non-hydrogen) atoms. The van der Waals surface area contributed by atoms with Crippen LogP contribution in [0.2, 0.25) is 0 Å². The van der Waals surface area contributed by atoms with Crippen LogP contribution in [-0.2, 0) is 14.3 Å². The van der Waals surface area contributed by atoms with Crippen LogP contribution in [0.15, 0.2) is 12.2 Å². The molecule has 0 aromatic heterocycles. The van der Waals surface area contributed by atoms with E-state index in [-0.39, 0.29) is 28.8 Å². The topological polar surface area (TPSA) is 43.4 Å². The Labute approximate surface area is 119 Å². The van der Waals surface area contributed by atoms with Crippen molar-refractivity contribution in [3.05, 3.63) is 12.2 Å². The molecule has 5 rings (SSSR count). The average Bonchev–Trinajstić information content (AvgIpc) is 2.75. The Morgan fingerprint density at radius 1 is 1.45 bits per heavy atom. The third-order valence-corrected chi connectivity index (χ3v) is 6.70. The van der Waals surface area contributed by atoms with Gasteiger partial charge in [-0.05, 0) is 50.0 Å². The van der Waals surface area contributed by atoms with Crippen LogP contribution < -0.4 is 0 Å². The quantitative estimate of drug-likeness (QED) is 0.743. The zero-order valence-electron chi connectivity index (χ0n) is 12.2. The van der Waals surface area contributed by atoms with E-state index in [0.717, 1.165) is 25.5 Å². The fourth-order valence-electron chi connectivity index (χ4n) is 6.00. The number of carbonyl (C=O) groups is 2. The Bertz CT molecular complexity index is 524. The van der Waals surface area contributed by atoms with Crippen molar-refractivity contribution in [1.82, 2.24) is 0 Å². The first-order chi connectivity index (χ1) is 9.44. The van der Waals surface area contributed by atoms with Crippen molar-refractivity contribution in [3.8, 4) is 0 Å². The van der Waals surface area contributed by atoms with Crippen LogP contribution >= 0.6 is 0 Å². The molecule has 0 aromatic rings. The maximum Gasteiger partial charge on any atom is 0.161 e. The van der Waals surface area contributed by atoms with Gasteiger partial charge < -0.3 is 9.53 Å². The summed E-state index contributed by atoms with van der Waals surface area (Å²) in [6.45, 7) is 4.31. The number of aldehydes is 1. The van der Waals surface area contributed by atoms with Crippen LogP contribution in [0.3, 0.4) is 0 Å². The van der Waals surface area contributed by atoms with Gasteiger partial charge in [-0.1, -0.05) is 13.0 Å². The summed E-state index contributed by atoms with van der Waals surface area (Å²) in [6, 6.07) is 0. The summed E-state index contributed by atoms with van der Waals surface area (Å²) in [4.78, 5) is 23.3. The molecule has 5 aliphatic rings. The second kappa shape index (κ2) is 3.62. The number of hydrogen-bond acceptors (Lipinski definition) is 3. The summed E-state index contributed by atoms with van der Waals surface area (Å²) in [7, 11) is 0. The number of ketones is 1. The molecule has 4 bridgehead atoms. The van der Waals surface area contributed by atoms with Gasteiger partial charge in [0.25, 0.3) is 0 Å². The highest BCUT2D eigenvalue weighted by Gasteiger charge is 2.71. The molecular weight excluding hydrogens is 252 g/mol. The van der Waals surface area contributed by atoms with E-state index < -0.39 is 5.41 Å². The van der Waals surface area contributed by atoms with Crippen LogP contribution in [0.25, 0.3) is 0 Å². The lowest BCUT2D eigenvalue weighted by atomic mass is 9.51. The van der Waals surface area contributed by atoms with E-state index in [0.29, 0.717) is 18.8 Å². The van der Waals surface area contributed by atoms with Gasteiger partial charge in [-0.3, -0.25) is 4.79 Å². The molecule has 2 aliphatic heterocycles. The number of ether oxygens (including phenoxy) is 1. The molecule has 0 radical (unpaired) electrons. The van der Waals surface area contributed by atoms with Crippen molar-refractivity contribution in [2.45, 2.75) is 57.7 Å². The predicted molar refractivity (Wildman–Crippen MR) is 74.1 cm³/mol. The molecule has 2 heterocycles. The summed E-state index contributed by atoms with van der Waals surface area (Å²) in [5.74, 6) is 1.11. The number of rotatable bonds is 3. The normalized spacial score (nSPS) is 55.3. The van der Waals surface area contributed by atoms with Crippen molar-refractivity contribution in [1.29, 1.82) is 0 Å². The molecular formula is C17H22O3. The minimum absolute atomic E-state index is 0.0253. The van der Waals surface area contributed by atoms with Crippen LogP contribution in [0.5, 0.6) is 0 Å². The Hall–Kier alpha value is -0.960. The first-order valence-corrected chi connectivity index (χ1v) is 7.79. The Kier molecular flexibility index (Phi) is 2.31. The van der Waals surface area contributed by atoms with Gasteiger partial charge in [0.05, 0.1) is 11.7 Å². The molecule has 3 nitrogen and oxygen atoms in total. The van der Waals surface area contributed by atoms with Crippen molar-refractivity contribution < 1.29 is 14.3 Å². The summed E-state index contributed by atoms with van der Waals surface area (Å²) < 4.78 is 6.35. The largest absolute Gasteiger partial charge is 0.371 e. The maximum absolute atomic E-state index is 12.5. The van der Waals surface area contributed by atoms with Gasteiger partial charge in [0.15, 0.2) is 5.78 Å². The third-order valence-electron chi connectivity index (χ3n) is 6.70. The molecule has 2 saturated heterocycles. The Morgan fingerprint density at radius 2 is 2.25 bits per heavy atom. The molecule has 4 fully saturated rings. The zero-order chi connectivity index (χ0) is 14.2. The van der Waals surface area contributed by atoms with E-state index in [4.69, 9.17) is 4.74 Å². The van der Waals surface area contributed by atoms with E-state index in [1.165, 1.54) is 0 Å². The van der Waals surface area contributed by atoms with Gasteiger partial charge in [0.1, 0.15) is 6.29 Å². The van der Waals surface area contributed by atoms with E-state index in [9.17, 15) is 9.59 Å². The van der Waals surface area contributed by atoms with Crippen molar-refractivity contribution >= 4 is 12.1 Å². The van der Waals surface area contributed by atoms with Gasteiger partial charge in [-0.15, -0.1) is 0 Å². The maximum atomic E-state index is 12.5. The van der Waals surface area contributed by atoms with Crippen LogP contribution in [0, 0.1) is 22.7 Å². The lowest BCUT2D eigenvalue weighted by Gasteiger charge is -2.55. The fraction of sp³-hybridized carbons (Fsp3) is 0.765. The fourth-order valence-corrected chi connectivity index (χ4v) is 6.00. The smallest absolute Gasteiger partial charge is 0.161 e. The van der Waals surface area contributed by atoms with Gasteiger partial charge in [-0.25, -0.2) is 0 Å². The number of allylic oxidation sites excluding steroid dienone is 2. The van der Waals surface area contributed by atoms with Crippen LogP contribution in [-0.4, -0.2) is 23.8 Å². The molecule has 0 unspecified atom stereocenters. The van der Waals surface area contributed by atoms with Gasteiger partial charge in [0, 0.05) is 17.8 Å². The van der Waals surface area contributed by atoms with Gasteiger partial charge >= 0.3 is 0 Å². The molecule has 108 valence electrons. The van der Waals surface area contributed by atoms with Crippen molar-refractivity contribution in [2.75, 3.05) is 0 Å². The van der Waals surface area contributed by atoms with Crippen molar-refractivity contribution in [2.24, 2.45) is 22.7 Å². The lowest BCUT2D eigenvalue weighted by molar-refractivity contribution is -0.169. The minimum atomic E-state index is -0.420. The Morgan fingerprint density at radius 3 is 2.95 bits per heavy atom. The molecule has 0 aromatic carbocycles. The molecule has 1 spiro atoms. The first-order valence-electron chi connectivity index (χ1n) is 7.79. The molecule has 6 atom stereocenters. The molecule has 3 aliphatic carbocycles. The van der Waals surface area contributed by atoms with Crippen LogP contribution in [0.4, 0.5) is 0 Å². The van der Waals surface area contributed by atoms with Gasteiger partial charge in [-0.2, -0.15) is 0 Å². The number of hydrogen-bond donors (Lipinski definition) is 0. The van der Waals surface area contributed by atoms with E-state index in [2.05, 4.69) is 19.9 Å². The molecule has 0 amide bonds. The zero-order valence-corrected chi connectivity index (χ0v) is 12.2. The highest BCUT2D eigenvalue weighted by molar-refractivity contribution is 5.96. The SMILES string of the molecule is C[C@]12C[C@@]34C=CC(=O)[C@@](C)(CCC=O)[C@@H]3[C@H](C[C@@H]1C4)O2. The second-order valence-electron chi connectivity index (χ2n) is 7.81. The highest BCUT2D eigenvalue weighted by Crippen LogP contribution is 2.71. The average molecular weight is 274 g/mol. The summed E-state index contributed by atoms with van der Waals surface area (Å²) in [6.07, 6.45) is 9.57. The summed E-state index contributed by atoms with van der Waals surface area (Å²) in [5.41, 5.74) is -0.249. The van der Waals surface area contributed by atoms with Crippen molar-refractivity contribution in [3.63, 3.8) is 0 Å². The van der Waals surface area contributed by atoms with E-state index in [1.54, 1.807) is 6.08 Å². The predicted octanol–water partition coefficient (Wildman–Crippen LogP) is 2.68. The summed E-state index contributed by atoms with van der Waals surface area (Å²) in [5, 5.41) is 0. The molecule has 3 heteroatoms. The molecule has 2 saturated carbocycles. The first kappa shape index (κ1) is 12.8. The number of carbonyl (C=O) groups excluding carboxylic acids is 2. The van der Waals surface area contributed by atoms with Crippen LogP contribution in [0.1, 0.15) is 46.0 Å². The minimum Gasteiger partial charge on any atom is -0.371 e. The lowest BCUT2D eigenvalue weighted by Crippen LogP contribution is -2.56. The summed E-state index contributed by atoms with van der Waals surface area (Å²) >= 11 is 0. The van der Waals surface area contributed by atoms with E-state index in [1.807, 2.05) is 0 Å². The monoisotopic (exact) mass is 274 g/mol. The second-order valence-corrected chi connectivity index (χ2v) is 7.81. The van der Waals surface area contributed by atoms with E-state index >= 15 is 0 Å². The standard InChI is InChI=1S/C17H22O3/c1-15(5-3-7-18)13(19)4-6-17-9-11-8-12(14(15)17)20-16(11,2)10-17/h4,6-7,11-12,14H,3,5,8-10H2,1-2H3/t11-,12+,14+,15-,16+,17+/m1/s1. The Balaban J connectivity index is 1.80. The third kappa shape index (κ3) is 1.30. The molecule has 0 N–H and O–H groups in total. The highest BCUT2D eigenvalue weighted by atomic mass is 16.5. The van der Waals surface area contributed by atoms with Gasteiger partial charge in [0.2, 0.25) is 0 Å².